The average Bonchev–Trinajstić information content (AvgIpc) is 2.66. The molecule has 6 nitrogen and oxygen atoms in total. The van der Waals surface area contributed by atoms with Gasteiger partial charge in [-0.1, -0.05) is 18.2 Å². The van der Waals surface area contributed by atoms with Crippen LogP contribution in [0.15, 0.2) is 30.5 Å². The number of likely N-dealkylation sites (N-methyl/N-ethyl adjacent to an activating group) is 1. The zero-order valence-corrected chi connectivity index (χ0v) is 15.4. The number of aromatic nitrogens is 1. The molecular formula is C19H21F3N4O2. The molecule has 1 saturated heterocycles. The van der Waals surface area contributed by atoms with Crippen LogP contribution in [0.1, 0.15) is 22.8 Å². The van der Waals surface area contributed by atoms with Gasteiger partial charge in [0.1, 0.15) is 0 Å². The number of rotatable bonds is 4. The van der Waals surface area contributed by atoms with Gasteiger partial charge in [-0.2, -0.15) is 13.2 Å². The second kappa shape index (κ2) is 8.14. The van der Waals surface area contributed by atoms with E-state index in [2.05, 4.69) is 10.3 Å². The van der Waals surface area contributed by atoms with Crippen LogP contribution in [0.5, 0.6) is 0 Å². The Bertz CT molecular complexity index is 877. The summed E-state index contributed by atoms with van der Waals surface area (Å²) in [5, 5.41) is 2.61. The molecule has 1 fully saturated rings. The molecule has 0 atom stereocenters. The summed E-state index contributed by atoms with van der Waals surface area (Å²) in [5.41, 5.74) is -1.20. The second-order valence-corrected chi connectivity index (χ2v) is 6.58. The molecule has 28 heavy (non-hydrogen) atoms. The fourth-order valence-corrected chi connectivity index (χ4v) is 3.34. The van der Waals surface area contributed by atoms with Crippen LogP contribution in [0.3, 0.4) is 0 Å². The molecule has 0 aliphatic carbocycles. The minimum Gasteiger partial charge on any atom is -0.355 e. The van der Waals surface area contributed by atoms with Crippen molar-refractivity contribution < 1.29 is 22.8 Å². The molecule has 2 aromatic rings. The zero-order valence-electron chi connectivity index (χ0n) is 15.4. The lowest BCUT2D eigenvalue weighted by Crippen LogP contribution is -2.51. The summed E-state index contributed by atoms with van der Waals surface area (Å²) in [6, 6.07) is 5.91. The average molecular weight is 394 g/mol. The van der Waals surface area contributed by atoms with Crippen molar-refractivity contribution >= 4 is 22.7 Å². The van der Waals surface area contributed by atoms with Crippen molar-refractivity contribution in [2.24, 2.45) is 0 Å². The van der Waals surface area contributed by atoms with Gasteiger partial charge < -0.3 is 10.2 Å². The Balaban J connectivity index is 1.80. The normalized spacial score (nSPS) is 15.6. The number of carbonyl (C=O) groups is 2. The van der Waals surface area contributed by atoms with E-state index in [1.54, 1.807) is 6.07 Å². The van der Waals surface area contributed by atoms with E-state index in [-0.39, 0.29) is 36.4 Å². The molecule has 0 spiro atoms. The molecule has 0 bridgehead atoms. The highest BCUT2D eigenvalue weighted by atomic mass is 19.4. The molecule has 150 valence electrons. The highest BCUT2D eigenvalue weighted by molar-refractivity contribution is 6.00. The number of nitrogens with one attached hydrogen (secondary N) is 1. The lowest BCUT2D eigenvalue weighted by Gasteiger charge is -2.34. The number of carbonyl (C=O) groups excluding carboxylic acids is 2. The summed E-state index contributed by atoms with van der Waals surface area (Å²) in [5.74, 6) is -0.802. The summed E-state index contributed by atoms with van der Waals surface area (Å²) in [4.78, 5) is 31.8. The highest BCUT2D eigenvalue weighted by Gasteiger charge is 2.39. The smallest absolute Gasteiger partial charge is 0.355 e. The zero-order chi connectivity index (χ0) is 20.3. The summed E-state index contributed by atoms with van der Waals surface area (Å²) < 4.78 is 41.2. The van der Waals surface area contributed by atoms with E-state index in [0.717, 1.165) is 6.20 Å². The summed E-state index contributed by atoms with van der Waals surface area (Å²) >= 11 is 0. The van der Waals surface area contributed by atoms with Gasteiger partial charge in [-0.05, 0) is 13.0 Å². The number of benzene rings is 1. The number of fused-ring (bicyclic) bond motifs is 1. The first-order chi connectivity index (χ1) is 13.3. The molecule has 1 aliphatic rings. The van der Waals surface area contributed by atoms with Crippen LogP contribution in [0.25, 0.3) is 10.9 Å². The molecule has 1 aromatic heterocycles. The molecule has 0 unspecified atom stereocenters. The molecule has 1 N–H and O–H groups in total. The molecule has 0 saturated carbocycles. The van der Waals surface area contributed by atoms with Crippen molar-refractivity contribution in [3.8, 4) is 0 Å². The van der Waals surface area contributed by atoms with Crippen LogP contribution in [-0.2, 0) is 11.0 Å². The third-order valence-electron chi connectivity index (χ3n) is 4.69. The molecule has 0 radical (unpaired) electrons. The van der Waals surface area contributed by atoms with Gasteiger partial charge in [-0.15, -0.1) is 0 Å². The van der Waals surface area contributed by atoms with E-state index in [1.165, 1.54) is 23.1 Å². The van der Waals surface area contributed by atoms with Crippen molar-refractivity contribution in [3.05, 3.63) is 41.6 Å². The van der Waals surface area contributed by atoms with Crippen molar-refractivity contribution in [1.29, 1.82) is 0 Å². The topological polar surface area (TPSA) is 65.5 Å². The summed E-state index contributed by atoms with van der Waals surface area (Å²) in [6.07, 6.45) is -3.66. The Hall–Kier alpha value is -2.68. The van der Waals surface area contributed by atoms with Gasteiger partial charge in [-0.25, -0.2) is 0 Å². The van der Waals surface area contributed by atoms with Crippen LogP contribution in [-0.4, -0.2) is 65.9 Å². The van der Waals surface area contributed by atoms with E-state index in [0.29, 0.717) is 19.6 Å². The predicted molar refractivity (Wildman–Crippen MR) is 97.8 cm³/mol. The van der Waals surface area contributed by atoms with Crippen molar-refractivity contribution in [3.63, 3.8) is 0 Å². The first kappa shape index (κ1) is 20.1. The number of piperazine rings is 1. The number of alkyl halides is 3. The van der Waals surface area contributed by atoms with E-state index in [1.807, 2.05) is 11.8 Å². The minimum atomic E-state index is -4.67. The lowest BCUT2D eigenvalue weighted by atomic mass is 10.0. The Morgan fingerprint density at radius 1 is 1.14 bits per heavy atom. The van der Waals surface area contributed by atoms with Crippen LogP contribution >= 0.6 is 0 Å². The van der Waals surface area contributed by atoms with Gasteiger partial charge in [0.2, 0.25) is 5.91 Å². The monoisotopic (exact) mass is 394 g/mol. The molecular weight excluding hydrogens is 373 g/mol. The van der Waals surface area contributed by atoms with Crippen LogP contribution in [0.4, 0.5) is 13.2 Å². The third kappa shape index (κ3) is 4.24. The van der Waals surface area contributed by atoms with Crippen LogP contribution in [0.2, 0.25) is 0 Å². The standard InChI is InChI=1S/C19H21F3N4O2/c1-2-23-16(27)12-25-7-9-26(10-8-25)18(28)14-11-24-15-6-4-3-5-13(15)17(14)19(20,21)22/h3-6,11H,2,7-10,12H2,1H3,(H,23,27). The molecule has 2 heterocycles. The maximum absolute atomic E-state index is 13.7. The van der Waals surface area contributed by atoms with Crippen LogP contribution < -0.4 is 5.32 Å². The van der Waals surface area contributed by atoms with E-state index in [9.17, 15) is 22.8 Å². The highest BCUT2D eigenvalue weighted by Crippen LogP contribution is 2.37. The number of hydrogen-bond donors (Lipinski definition) is 1. The predicted octanol–water partition coefficient (Wildman–Crippen LogP) is 2.15. The molecule has 1 aromatic carbocycles. The Morgan fingerprint density at radius 2 is 1.82 bits per heavy atom. The number of amides is 2. The van der Waals surface area contributed by atoms with Gasteiger partial charge in [0.25, 0.3) is 5.91 Å². The van der Waals surface area contributed by atoms with Crippen molar-refractivity contribution in [2.75, 3.05) is 39.3 Å². The maximum atomic E-state index is 13.7. The second-order valence-electron chi connectivity index (χ2n) is 6.58. The molecule has 3 rings (SSSR count). The molecule has 1 aliphatic heterocycles. The maximum Gasteiger partial charge on any atom is 0.417 e. The summed E-state index contributed by atoms with van der Waals surface area (Å²) in [7, 11) is 0. The van der Waals surface area contributed by atoms with E-state index in [4.69, 9.17) is 0 Å². The largest absolute Gasteiger partial charge is 0.417 e. The summed E-state index contributed by atoms with van der Waals surface area (Å²) in [6.45, 7) is 3.92. The lowest BCUT2D eigenvalue weighted by molar-refractivity contribution is -0.136. The number of hydrogen-bond acceptors (Lipinski definition) is 4. The fraction of sp³-hybridized carbons (Fsp3) is 0.421. The van der Waals surface area contributed by atoms with Gasteiger partial charge in [-0.3, -0.25) is 19.5 Å². The van der Waals surface area contributed by atoms with Gasteiger partial charge in [0.05, 0.1) is 23.2 Å². The first-order valence-electron chi connectivity index (χ1n) is 9.04. The molecule has 2 amide bonds. The number of halogens is 3. The van der Waals surface area contributed by atoms with Crippen molar-refractivity contribution in [2.45, 2.75) is 13.1 Å². The fourth-order valence-electron chi connectivity index (χ4n) is 3.34. The van der Waals surface area contributed by atoms with E-state index >= 15 is 0 Å². The van der Waals surface area contributed by atoms with Crippen LogP contribution in [0, 0.1) is 0 Å². The third-order valence-corrected chi connectivity index (χ3v) is 4.69. The Labute approximate surface area is 160 Å². The first-order valence-corrected chi connectivity index (χ1v) is 9.04. The number of pyridine rings is 1. The Morgan fingerprint density at radius 3 is 2.46 bits per heavy atom. The number of para-hydroxylation sites is 1. The SMILES string of the molecule is CCNC(=O)CN1CCN(C(=O)c2cnc3ccccc3c2C(F)(F)F)CC1. The van der Waals surface area contributed by atoms with E-state index < -0.39 is 23.2 Å². The Kier molecular flexibility index (Phi) is 5.83. The number of nitrogens with zero attached hydrogens (tertiary/aromatic N) is 3. The molecule has 9 heteroatoms. The van der Waals surface area contributed by atoms with Crippen molar-refractivity contribution in [1.82, 2.24) is 20.1 Å². The van der Waals surface area contributed by atoms with Gasteiger partial charge >= 0.3 is 6.18 Å². The van der Waals surface area contributed by atoms with Gasteiger partial charge in [0.15, 0.2) is 0 Å². The van der Waals surface area contributed by atoms with Gasteiger partial charge in [0, 0.05) is 44.3 Å². The quantitative estimate of drug-likeness (QED) is 0.863. The minimum absolute atomic E-state index is 0.0873.